The first kappa shape index (κ1) is 16.0. The van der Waals surface area contributed by atoms with Gasteiger partial charge < -0.3 is 14.4 Å². The van der Waals surface area contributed by atoms with E-state index in [9.17, 15) is 14.3 Å². The van der Waals surface area contributed by atoms with E-state index in [1.54, 1.807) is 6.07 Å². The number of aromatic nitrogens is 1. The summed E-state index contributed by atoms with van der Waals surface area (Å²) >= 11 is 6.01. The maximum atomic E-state index is 13.9. The number of aromatic hydroxyl groups is 1. The number of nitrogens with zero attached hydrogens (tertiary/aromatic N) is 1. The third-order valence-electron chi connectivity index (χ3n) is 4.08. The Kier molecular flexibility index (Phi) is 4.68. The van der Waals surface area contributed by atoms with Crippen LogP contribution in [-0.4, -0.2) is 22.4 Å². The van der Waals surface area contributed by atoms with Crippen LogP contribution in [0.5, 0.6) is 5.75 Å². The van der Waals surface area contributed by atoms with E-state index >= 15 is 0 Å². The number of benzene rings is 1. The van der Waals surface area contributed by atoms with Gasteiger partial charge in [-0.3, -0.25) is 4.79 Å². The molecule has 1 aliphatic heterocycles. The monoisotopic (exact) mass is 337 g/mol. The van der Waals surface area contributed by atoms with Crippen LogP contribution in [0.1, 0.15) is 24.0 Å². The minimum Gasteiger partial charge on any atom is -0.507 e. The standard InChI is InChI=1S/C17H17ClFNO3/c18-14-4-1-5-15(19)12(14)9-13-16(21)6-7-20(17(13)22)10-11-3-2-8-23-11/h1,4-7,11,21H,2-3,8-10H2/t11-/m0/s1. The van der Waals surface area contributed by atoms with Gasteiger partial charge in [0.1, 0.15) is 11.6 Å². The van der Waals surface area contributed by atoms with Crippen molar-refractivity contribution < 1.29 is 14.2 Å². The summed E-state index contributed by atoms with van der Waals surface area (Å²) in [5.74, 6) is -0.649. The summed E-state index contributed by atoms with van der Waals surface area (Å²) in [4.78, 5) is 12.6. The van der Waals surface area contributed by atoms with Crippen molar-refractivity contribution in [1.82, 2.24) is 4.57 Å². The van der Waals surface area contributed by atoms with Crippen LogP contribution in [0, 0.1) is 5.82 Å². The highest BCUT2D eigenvalue weighted by atomic mass is 35.5. The average Bonchev–Trinajstić information content (AvgIpc) is 3.02. The summed E-state index contributed by atoms with van der Waals surface area (Å²) < 4.78 is 21.0. The number of hydrogen-bond donors (Lipinski definition) is 1. The first-order valence-corrected chi connectivity index (χ1v) is 7.90. The summed E-state index contributed by atoms with van der Waals surface area (Å²) in [5.41, 5.74) is -0.00579. The lowest BCUT2D eigenvalue weighted by Gasteiger charge is -2.14. The van der Waals surface area contributed by atoms with Crippen LogP contribution in [0.15, 0.2) is 35.3 Å². The van der Waals surface area contributed by atoms with Gasteiger partial charge >= 0.3 is 0 Å². The molecule has 0 bridgehead atoms. The predicted octanol–water partition coefficient (Wildman–Crippen LogP) is 3.12. The van der Waals surface area contributed by atoms with Gasteiger partial charge in [0.05, 0.1) is 18.2 Å². The Balaban J connectivity index is 1.93. The number of ether oxygens (including phenoxy) is 1. The second kappa shape index (κ2) is 6.72. The number of halogens is 2. The molecular formula is C17H17ClFNO3. The Morgan fingerprint density at radius 2 is 2.17 bits per heavy atom. The topological polar surface area (TPSA) is 51.5 Å². The van der Waals surface area contributed by atoms with Crippen LogP contribution in [0.3, 0.4) is 0 Å². The summed E-state index contributed by atoms with van der Waals surface area (Å²) in [6, 6.07) is 5.79. The highest BCUT2D eigenvalue weighted by Crippen LogP contribution is 2.24. The van der Waals surface area contributed by atoms with Crippen molar-refractivity contribution in [3.63, 3.8) is 0 Å². The summed E-state index contributed by atoms with van der Waals surface area (Å²) in [7, 11) is 0. The van der Waals surface area contributed by atoms with Gasteiger partial charge in [0.15, 0.2) is 0 Å². The lowest BCUT2D eigenvalue weighted by Crippen LogP contribution is -2.28. The second-order valence-corrected chi connectivity index (χ2v) is 6.06. The second-order valence-electron chi connectivity index (χ2n) is 5.65. The highest BCUT2D eigenvalue weighted by molar-refractivity contribution is 6.31. The van der Waals surface area contributed by atoms with E-state index in [0.717, 1.165) is 12.8 Å². The fraction of sp³-hybridized carbons (Fsp3) is 0.353. The lowest BCUT2D eigenvalue weighted by molar-refractivity contribution is 0.0960. The van der Waals surface area contributed by atoms with E-state index in [0.29, 0.717) is 13.2 Å². The normalized spacial score (nSPS) is 17.6. The Morgan fingerprint density at radius 1 is 1.35 bits per heavy atom. The molecule has 2 heterocycles. The van der Waals surface area contributed by atoms with Crippen LogP contribution in [0.4, 0.5) is 4.39 Å². The molecule has 1 aliphatic rings. The number of rotatable bonds is 4. The van der Waals surface area contributed by atoms with Crippen molar-refractivity contribution in [1.29, 1.82) is 0 Å². The molecule has 1 aromatic heterocycles. The van der Waals surface area contributed by atoms with Crippen molar-refractivity contribution >= 4 is 11.6 Å². The third-order valence-corrected chi connectivity index (χ3v) is 4.43. The van der Waals surface area contributed by atoms with Gasteiger partial charge in [0.2, 0.25) is 0 Å². The Hall–Kier alpha value is -1.85. The van der Waals surface area contributed by atoms with E-state index < -0.39 is 5.82 Å². The molecule has 4 nitrogen and oxygen atoms in total. The van der Waals surface area contributed by atoms with Crippen molar-refractivity contribution in [2.45, 2.75) is 31.9 Å². The average molecular weight is 338 g/mol. The molecule has 1 atom stereocenters. The fourth-order valence-electron chi connectivity index (χ4n) is 2.81. The predicted molar refractivity (Wildman–Crippen MR) is 85.6 cm³/mol. The number of hydrogen-bond acceptors (Lipinski definition) is 3. The molecule has 3 rings (SSSR count). The third kappa shape index (κ3) is 3.41. The van der Waals surface area contributed by atoms with Crippen molar-refractivity contribution in [2.75, 3.05) is 6.61 Å². The molecule has 6 heteroatoms. The highest BCUT2D eigenvalue weighted by Gasteiger charge is 2.19. The molecule has 0 amide bonds. The van der Waals surface area contributed by atoms with E-state index in [1.807, 2.05) is 0 Å². The van der Waals surface area contributed by atoms with E-state index in [2.05, 4.69) is 0 Å². The molecule has 1 N–H and O–H groups in total. The Bertz CT molecular complexity index is 749. The number of pyridine rings is 1. The minimum atomic E-state index is -0.495. The Morgan fingerprint density at radius 3 is 2.87 bits per heavy atom. The van der Waals surface area contributed by atoms with Gasteiger partial charge in [0, 0.05) is 29.8 Å². The fourth-order valence-corrected chi connectivity index (χ4v) is 3.04. The molecular weight excluding hydrogens is 321 g/mol. The molecule has 0 unspecified atom stereocenters. The molecule has 1 aromatic carbocycles. The molecule has 23 heavy (non-hydrogen) atoms. The molecule has 0 aliphatic carbocycles. The largest absolute Gasteiger partial charge is 0.507 e. The molecule has 0 spiro atoms. The first-order chi connectivity index (χ1) is 11.1. The van der Waals surface area contributed by atoms with Crippen LogP contribution < -0.4 is 5.56 Å². The summed E-state index contributed by atoms with van der Waals surface area (Å²) in [6.45, 7) is 1.13. The van der Waals surface area contributed by atoms with Gasteiger partial charge in [-0.05, 0) is 31.0 Å². The summed E-state index contributed by atoms with van der Waals surface area (Å²) in [5, 5.41) is 10.2. The van der Waals surface area contributed by atoms with Gasteiger partial charge in [-0.2, -0.15) is 0 Å². The maximum absolute atomic E-state index is 13.9. The van der Waals surface area contributed by atoms with Gasteiger partial charge in [-0.25, -0.2) is 4.39 Å². The lowest BCUT2D eigenvalue weighted by atomic mass is 10.0. The van der Waals surface area contributed by atoms with Crippen molar-refractivity contribution in [3.8, 4) is 5.75 Å². The summed E-state index contributed by atoms with van der Waals surface area (Å²) in [6.07, 6.45) is 3.37. The Labute approximate surface area is 138 Å². The van der Waals surface area contributed by atoms with Crippen molar-refractivity contribution in [2.24, 2.45) is 0 Å². The molecule has 122 valence electrons. The van der Waals surface area contributed by atoms with E-state index in [-0.39, 0.29) is 40.0 Å². The molecule has 0 saturated carbocycles. The zero-order valence-electron chi connectivity index (χ0n) is 12.5. The molecule has 2 aromatic rings. The van der Waals surface area contributed by atoms with E-state index in [4.69, 9.17) is 16.3 Å². The zero-order valence-corrected chi connectivity index (χ0v) is 13.2. The SMILES string of the molecule is O=c1c(Cc2c(F)cccc2Cl)c(O)ccn1C[C@@H]1CCCO1. The molecule has 0 radical (unpaired) electrons. The molecule has 1 fully saturated rings. The minimum absolute atomic E-state index is 0.00198. The van der Waals surface area contributed by atoms with Gasteiger partial charge in [0.25, 0.3) is 5.56 Å². The van der Waals surface area contributed by atoms with Crippen LogP contribution >= 0.6 is 11.6 Å². The zero-order chi connectivity index (χ0) is 16.4. The van der Waals surface area contributed by atoms with Gasteiger partial charge in [-0.1, -0.05) is 17.7 Å². The first-order valence-electron chi connectivity index (χ1n) is 7.52. The van der Waals surface area contributed by atoms with Crippen LogP contribution in [0.2, 0.25) is 5.02 Å². The van der Waals surface area contributed by atoms with Crippen LogP contribution in [-0.2, 0) is 17.7 Å². The quantitative estimate of drug-likeness (QED) is 0.932. The smallest absolute Gasteiger partial charge is 0.257 e. The van der Waals surface area contributed by atoms with E-state index in [1.165, 1.54) is 29.0 Å². The maximum Gasteiger partial charge on any atom is 0.257 e. The molecule has 1 saturated heterocycles. The van der Waals surface area contributed by atoms with Crippen molar-refractivity contribution in [3.05, 3.63) is 62.8 Å². The van der Waals surface area contributed by atoms with Gasteiger partial charge in [-0.15, -0.1) is 0 Å². The van der Waals surface area contributed by atoms with Crippen LogP contribution in [0.25, 0.3) is 0 Å².